The Labute approximate surface area is 164 Å². The molecule has 2 aromatic heterocycles. The van der Waals surface area contributed by atoms with E-state index in [1.807, 2.05) is 0 Å². The zero-order chi connectivity index (χ0) is 20.5. The second kappa shape index (κ2) is 7.46. The Morgan fingerprint density at radius 3 is 2.72 bits per heavy atom. The van der Waals surface area contributed by atoms with Gasteiger partial charge in [-0.15, -0.1) is 0 Å². The molecule has 3 heterocycles. The van der Waals surface area contributed by atoms with Crippen molar-refractivity contribution in [2.24, 2.45) is 14.1 Å². The van der Waals surface area contributed by atoms with Gasteiger partial charge in [0.25, 0.3) is 5.56 Å². The molecule has 10 heteroatoms. The summed E-state index contributed by atoms with van der Waals surface area (Å²) >= 11 is 0. The summed E-state index contributed by atoms with van der Waals surface area (Å²) < 4.78 is 20.2. The van der Waals surface area contributed by atoms with E-state index in [1.54, 1.807) is 36.9 Å². The number of fused-ring (bicyclic) bond motifs is 2. The summed E-state index contributed by atoms with van der Waals surface area (Å²) in [5.74, 6) is 0.586. The predicted molar refractivity (Wildman–Crippen MR) is 103 cm³/mol. The molecule has 152 valence electrons. The molecular formula is C19H20N4O6. The van der Waals surface area contributed by atoms with E-state index in [9.17, 15) is 14.4 Å². The number of aromatic nitrogens is 4. The van der Waals surface area contributed by atoms with Crippen LogP contribution in [0.3, 0.4) is 0 Å². The minimum Gasteiger partial charge on any atom is -0.486 e. The molecule has 1 aliphatic rings. The van der Waals surface area contributed by atoms with Gasteiger partial charge in [-0.05, 0) is 24.6 Å². The van der Waals surface area contributed by atoms with Gasteiger partial charge in [-0.25, -0.2) is 14.6 Å². The van der Waals surface area contributed by atoms with Crippen LogP contribution in [0.25, 0.3) is 11.2 Å². The van der Waals surface area contributed by atoms with Crippen molar-refractivity contribution in [1.82, 2.24) is 18.7 Å². The Balaban J connectivity index is 1.42. The summed E-state index contributed by atoms with van der Waals surface area (Å²) in [6, 6.07) is 4.84. The molecule has 0 radical (unpaired) electrons. The fourth-order valence-electron chi connectivity index (χ4n) is 3.23. The van der Waals surface area contributed by atoms with E-state index >= 15 is 0 Å². The van der Waals surface area contributed by atoms with Crippen LogP contribution in [0.1, 0.15) is 16.8 Å². The third kappa shape index (κ3) is 3.37. The molecule has 0 saturated carbocycles. The maximum Gasteiger partial charge on any atom is 0.338 e. The number of carbonyl (C=O) groups is 1. The monoisotopic (exact) mass is 400 g/mol. The molecule has 0 saturated heterocycles. The summed E-state index contributed by atoms with van der Waals surface area (Å²) in [6.07, 6.45) is 1.81. The van der Waals surface area contributed by atoms with Crippen LogP contribution < -0.4 is 20.7 Å². The maximum atomic E-state index is 12.6. The minimum atomic E-state index is -0.510. The molecule has 0 atom stereocenters. The molecule has 0 N–H and O–H groups in total. The van der Waals surface area contributed by atoms with Crippen molar-refractivity contribution in [3.05, 3.63) is 50.9 Å². The van der Waals surface area contributed by atoms with Crippen LogP contribution in [-0.2, 0) is 25.4 Å². The predicted octanol–water partition coefficient (Wildman–Crippen LogP) is 0.452. The fourth-order valence-corrected chi connectivity index (χ4v) is 3.23. The van der Waals surface area contributed by atoms with Gasteiger partial charge >= 0.3 is 11.7 Å². The molecule has 0 amide bonds. The van der Waals surface area contributed by atoms with E-state index < -0.39 is 17.2 Å². The van der Waals surface area contributed by atoms with Crippen LogP contribution >= 0.6 is 0 Å². The number of carbonyl (C=O) groups excluding carboxylic acids is 1. The highest BCUT2D eigenvalue weighted by atomic mass is 16.6. The van der Waals surface area contributed by atoms with Crippen molar-refractivity contribution in [1.29, 1.82) is 0 Å². The molecule has 3 aromatic rings. The molecule has 0 unspecified atom stereocenters. The van der Waals surface area contributed by atoms with Crippen LogP contribution in [0, 0.1) is 0 Å². The van der Waals surface area contributed by atoms with Crippen LogP contribution in [0.5, 0.6) is 11.5 Å². The van der Waals surface area contributed by atoms with Gasteiger partial charge in [0.1, 0.15) is 13.2 Å². The smallest absolute Gasteiger partial charge is 0.338 e. The third-order valence-electron chi connectivity index (χ3n) is 4.74. The number of nitrogens with zero attached hydrogens (tertiary/aromatic N) is 4. The van der Waals surface area contributed by atoms with Crippen molar-refractivity contribution in [2.45, 2.75) is 13.0 Å². The van der Waals surface area contributed by atoms with Crippen molar-refractivity contribution in [2.75, 3.05) is 19.8 Å². The van der Waals surface area contributed by atoms with Gasteiger partial charge in [0, 0.05) is 20.6 Å². The number of hydrogen-bond donors (Lipinski definition) is 0. The van der Waals surface area contributed by atoms with E-state index in [-0.39, 0.29) is 13.2 Å². The number of hydrogen-bond acceptors (Lipinski definition) is 7. The molecule has 10 nitrogen and oxygen atoms in total. The average molecular weight is 400 g/mol. The van der Waals surface area contributed by atoms with Crippen LogP contribution in [-0.4, -0.2) is 44.5 Å². The Bertz CT molecular complexity index is 1210. The summed E-state index contributed by atoms with van der Waals surface area (Å²) in [6.45, 7) is 1.09. The third-order valence-corrected chi connectivity index (χ3v) is 4.74. The molecule has 0 aliphatic carbocycles. The van der Waals surface area contributed by atoms with Gasteiger partial charge in [0.05, 0.1) is 18.5 Å². The number of imidazole rings is 1. The minimum absolute atomic E-state index is 0.0618. The second-order valence-electron chi connectivity index (χ2n) is 6.67. The first kappa shape index (κ1) is 18.8. The first-order chi connectivity index (χ1) is 14.0. The lowest BCUT2D eigenvalue weighted by atomic mass is 10.2. The van der Waals surface area contributed by atoms with Crippen LogP contribution in [0.2, 0.25) is 0 Å². The largest absolute Gasteiger partial charge is 0.486 e. The fraction of sp³-hybridized carbons (Fsp3) is 0.368. The highest BCUT2D eigenvalue weighted by Crippen LogP contribution is 2.30. The van der Waals surface area contributed by atoms with Crippen molar-refractivity contribution < 1.29 is 19.0 Å². The van der Waals surface area contributed by atoms with Crippen molar-refractivity contribution >= 4 is 17.1 Å². The van der Waals surface area contributed by atoms with Gasteiger partial charge in [0.2, 0.25) is 0 Å². The molecule has 1 aliphatic heterocycles. The van der Waals surface area contributed by atoms with E-state index in [2.05, 4.69) is 4.98 Å². The molecule has 0 bridgehead atoms. The van der Waals surface area contributed by atoms with Crippen molar-refractivity contribution in [3.8, 4) is 11.5 Å². The normalized spacial score (nSPS) is 12.9. The lowest BCUT2D eigenvalue weighted by Gasteiger charge is -2.18. The maximum absolute atomic E-state index is 12.6. The molecule has 29 heavy (non-hydrogen) atoms. The lowest BCUT2D eigenvalue weighted by molar-refractivity contribution is 0.0494. The van der Waals surface area contributed by atoms with Gasteiger partial charge in [-0.3, -0.25) is 13.9 Å². The Hall–Kier alpha value is -3.56. The molecular weight excluding hydrogens is 380 g/mol. The standard InChI is InChI=1S/C19H20N4O6/c1-21-11-20-16-15(21)17(24)23(19(26)22(16)2)6-3-7-29-18(25)12-4-5-13-14(10-12)28-9-8-27-13/h4-5,10-11H,3,6-9H2,1-2H3. The van der Waals surface area contributed by atoms with Gasteiger partial charge in [0.15, 0.2) is 22.7 Å². The number of ether oxygens (including phenoxy) is 3. The molecule has 4 rings (SSSR count). The summed E-state index contributed by atoms with van der Waals surface area (Å²) in [7, 11) is 3.26. The second-order valence-corrected chi connectivity index (χ2v) is 6.67. The molecule has 0 fully saturated rings. The molecule has 0 spiro atoms. The Morgan fingerprint density at radius 1 is 1.17 bits per heavy atom. The summed E-state index contributed by atoms with van der Waals surface area (Å²) in [5.41, 5.74) is 0.156. The van der Waals surface area contributed by atoms with Crippen LogP contribution in [0.15, 0.2) is 34.1 Å². The first-order valence-corrected chi connectivity index (χ1v) is 9.15. The SMILES string of the molecule is Cn1cnc2c1c(=O)n(CCCOC(=O)c1ccc3c(c1)OCCO3)c(=O)n2C. The highest BCUT2D eigenvalue weighted by Gasteiger charge is 2.17. The highest BCUT2D eigenvalue weighted by molar-refractivity contribution is 5.90. The van der Waals surface area contributed by atoms with E-state index in [4.69, 9.17) is 14.2 Å². The van der Waals surface area contributed by atoms with Gasteiger partial charge < -0.3 is 18.8 Å². The quantitative estimate of drug-likeness (QED) is 0.452. The Kier molecular flexibility index (Phi) is 4.83. The summed E-state index contributed by atoms with van der Waals surface area (Å²) in [4.78, 5) is 41.4. The summed E-state index contributed by atoms with van der Waals surface area (Å²) in [5, 5.41) is 0. The zero-order valence-electron chi connectivity index (χ0n) is 16.1. The van der Waals surface area contributed by atoms with E-state index in [1.165, 1.54) is 10.9 Å². The zero-order valence-corrected chi connectivity index (χ0v) is 16.1. The van der Waals surface area contributed by atoms with E-state index in [0.29, 0.717) is 47.9 Å². The topological polar surface area (TPSA) is 107 Å². The number of rotatable bonds is 5. The van der Waals surface area contributed by atoms with Crippen molar-refractivity contribution in [3.63, 3.8) is 0 Å². The number of benzene rings is 1. The lowest BCUT2D eigenvalue weighted by Crippen LogP contribution is -2.39. The van der Waals surface area contributed by atoms with Gasteiger partial charge in [-0.2, -0.15) is 0 Å². The number of esters is 1. The number of aryl methyl sites for hydroxylation is 2. The first-order valence-electron chi connectivity index (χ1n) is 9.15. The van der Waals surface area contributed by atoms with Gasteiger partial charge in [-0.1, -0.05) is 0 Å². The Morgan fingerprint density at radius 2 is 1.93 bits per heavy atom. The average Bonchev–Trinajstić information content (AvgIpc) is 3.12. The molecule has 1 aromatic carbocycles. The van der Waals surface area contributed by atoms with E-state index in [0.717, 1.165) is 4.57 Å². The van der Waals surface area contributed by atoms with Crippen LogP contribution in [0.4, 0.5) is 0 Å².